The van der Waals surface area contributed by atoms with Gasteiger partial charge in [-0.2, -0.15) is 0 Å². The highest BCUT2D eigenvalue weighted by Gasteiger charge is 2.22. The number of rotatable bonds is 7. The molecule has 0 aromatic heterocycles. The summed E-state index contributed by atoms with van der Waals surface area (Å²) in [6.07, 6.45) is 0. The fraction of sp³-hybridized carbons (Fsp3) is 0.103. The topological polar surface area (TPSA) is 58.2 Å². The molecule has 5 heteroatoms. The summed E-state index contributed by atoms with van der Waals surface area (Å²) >= 11 is 1.45. The normalized spacial score (nSPS) is 11.5. The molecule has 0 saturated heterocycles. The predicted octanol–water partition coefficient (Wildman–Crippen LogP) is 7.03. The number of anilines is 2. The van der Waals surface area contributed by atoms with E-state index in [1.165, 1.54) is 11.8 Å². The summed E-state index contributed by atoms with van der Waals surface area (Å²) in [4.78, 5) is 26.9. The Morgan fingerprint density at radius 3 is 2.12 bits per heavy atom. The molecule has 4 nitrogen and oxygen atoms in total. The molecule has 0 aliphatic rings. The zero-order valence-corrected chi connectivity index (χ0v) is 19.9. The molecule has 4 aromatic carbocycles. The monoisotopic (exact) mass is 466 g/mol. The van der Waals surface area contributed by atoms with E-state index in [0.29, 0.717) is 11.3 Å². The van der Waals surface area contributed by atoms with Gasteiger partial charge in [0.25, 0.3) is 5.91 Å². The van der Waals surface area contributed by atoms with Gasteiger partial charge in [0.05, 0.1) is 0 Å². The van der Waals surface area contributed by atoms with Crippen molar-refractivity contribution >= 4 is 35.0 Å². The number of carbonyl (C=O) groups excluding carboxylic acids is 2. The van der Waals surface area contributed by atoms with Crippen LogP contribution in [0.1, 0.15) is 32.3 Å². The molecule has 170 valence electrons. The Bertz CT molecular complexity index is 1300. The third-order valence-electron chi connectivity index (χ3n) is 5.36. The molecule has 0 saturated carbocycles. The van der Waals surface area contributed by atoms with Crippen LogP contribution in [0.4, 0.5) is 11.4 Å². The van der Waals surface area contributed by atoms with Gasteiger partial charge >= 0.3 is 0 Å². The molecule has 1 unspecified atom stereocenters. The molecule has 0 heterocycles. The maximum atomic E-state index is 13.3. The first kappa shape index (κ1) is 23.3. The van der Waals surface area contributed by atoms with Gasteiger partial charge in [0.1, 0.15) is 5.25 Å². The Hall–Kier alpha value is -3.83. The molecule has 0 fully saturated rings. The maximum Gasteiger partial charge on any atom is 0.255 e. The second-order valence-electron chi connectivity index (χ2n) is 8.06. The minimum Gasteiger partial charge on any atom is -0.325 e. The first-order chi connectivity index (χ1) is 16.5. The molecule has 0 spiro atoms. The van der Waals surface area contributed by atoms with Crippen LogP contribution >= 0.6 is 11.8 Å². The highest BCUT2D eigenvalue weighted by molar-refractivity contribution is 8.00. The largest absolute Gasteiger partial charge is 0.325 e. The smallest absolute Gasteiger partial charge is 0.255 e. The summed E-state index contributed by atoms with van der Waals surface area (Å²) < 4.78 is 0. The number of hydrogen-bond donors (Lipinski definition) is 2. The average Bonchev–Trinajstić information content (AvgIpc) is 2.83. The molecule has 0 aliphatic heterocycles. The Morgan fingerprint density at radius 2 is 1.38 bits per heavy atom. The van der Waals surface area contributed by atoms with E-state index in [2.05, 4.69) is 10.6 Å². The Balaban J connectivity index is 1.55. The maximum absolute atomic E-state index is 13.3. The lowest BCUT2D eigenvalue weighted by atomic mass is 10.1. The SMILES string of the molecule is Cc1cccc(NC(=O)C(Sc2cccc(NC(=O)c3ccccc3C)c2)c2ccccc2)c1. The van der Waals surface area contributed by atoms with E-state index < -0.39 is 5.25 Å². The van der Waals surface area contributed by atoms with Crippen LogP contribution in [0, 0.1) is 13.8 Å². The molecule has 2 N–H and O–H groups in total. The summed E-state index contributed by atoms with van der Waals surface area (Å²) in [6.45, 7) is 3.91. The lowest BCUT2D eigenvalue weighted by Gasteiger charge is -2.18. The van der Waals surface area contributed by atoms with E-state index in [0.717, 1.165) is 27.3 Å². The van der Waals surface area contributed by atoms with Crippen molar-refractivity contribution in [2.75, 3.05) is 10.6 Å². The standard InChI is InChI=1S/C29H26N2O2S/c1-20-10-8-14-23(18-20)31-29(33)27(22-12-4-3-5-13-22)34-25-16-9-15-24(19-25)30-28(32)26-17-7-6-11-21(26)2/h3-19,27H,1-2H3,(H,30,32)(H,31,33). The average molecular weight is 467 g/mol. The van der Waals surface area contributed by atoms with Crippen molar-refractivity contribution in [3.63, 3.8) is 0 Å². The molecular weight excluding hydrogens is 440 g/mol. The number of hydrogen-bond acceptors (Lipinski definition) is 3. The highest BCUT2D eigenvalue weighted by Crippen LogP contribution is 2.37. The number of thioether (sulfide) groups is 1. The van der Waals surface area contributed by atoms with E-state index in [9.17, 15) is 9.59 Å². The van der Waals surface area contributed by atoms with Gasteiger partial charge in [-0.3, -0.25) is 9.59 Å². The second-order valence-corrected chi connectivity index (χ2v) is 9.24. The van der Waals surface area contributed by atoms with Crippen LogP contribution in [-0.4, -0.2) is 11.8 Å². The van der Waals surface area contributed by atoms with Crippen molar-refractivity contribution < 1.29 is 9.59 Å². The molecular formula is C29H26N2O2S. The Labute approximate surface area is 204 Å². The van der Waals surface area contributed by atoms with E-state index in [-0.39, 0.29) is 11.8 Å². The fourth-order valence-electron chi connectivity index (χ4n) is 3.64. The molecule has 4 rings (SSSR count). The van der Waals surface area contributed by atoms with Crippen LogP contribution < -0.4 is 10.6 Å². The highest BCUT2D eigenvalue weighted by atomic mass is 32.2. The zero-order chi connectivity index (χ0) is 23.9. The summed E-state index contributed by atoms with van der Waals surface area (Å²) in [5.41, 5.74) is 5.00. The van der Waals surface area contributed by atoms with Gasteiger partial charge in [-0.15, -0.1) is 11.8 Å². The summed E-state index contributed by atoms with van der Waals surface area (Å²) in [7, 11) is 0. The number of aryl methyl sites for hydroxylation is 2. The fourth-order valence-corrected chi connectivity index (χ4v) is 4.72. The van der Waals surface area contributed by atoms with E-state index >= 15 is 0 Å². The van der Waals surface area contributed by atoms with Gasteiger partial charge in [0.2, 0.25) is 5.91 Å². The number of amides is 2. The second kappa shape index (κ2) is 10.9. The predicted molar refractivity (Wildman–Crippen MR) is 140 cm³/mol. The minimum absolute atomic E-state index is 0.101. The molecule has 34 heavy (non-hydrogen) atoms. The van der Waals surface area contributed by atoms with Gasteiger partial charge in [-0.25, -0.2) is 0 Å². The van der Waals surface area contributed by atoms with Crippen LogP contribution in [0.3, 0.4) is 0 Å². The summed E-state index contributed by atoms with van der Waals surface area (Å²) in [5, 5.41) is 5.57. The first-order valence-corrected chi connectivity index (χ1v) is 11.9. The molecule has 1 atom stereocenters. The minimum atomic E-state index is -0.455. The Kier molecular flexibility index (Phi) is 7.45. The van der Waals surface area contributed by atoms with Gasteiger partial charge < -0.3 is 10.6 Å². The molecule has 0 bridgehead atoms. The molecule has 4 aromatic rings. The zero-order valence-electron chi connectivity index (χ0n) is 19.1. The van der Waals surface area contributed by atoms with Gasteiger partial charge in [-0.05, 0) is 66.9 Å². The van der Waals surface area contributed by atoms with Crippen LogP contribution in [0.25, 0.3) is 0 Å². The van der Waals surface area contributed by atoms with Gasteiger partial charge in [-0.1, -0.05) is 66.7 Å². The Morgan fingerprint density at radius 1 is 0.706 bits per heavy atom. The van der Waals surface area contributed by atoms with Crippen LogP contribution in [0.15, 0.2) is 108 Å². The van der Waals surface area contributed by atoms with Crippen molar-refractivity contribution in [1.29, 1.82) is 0 Å². The van der Waals surface area contributed by atoms with Crippen LogP contribution in [-0.2, 0) is 4.79 Å². The molecule has 0 aliphatic carbocycles. The third kappa shape index (κ3) is 5.94. The summed E-state index contributed by atoms with van der Waals surface area (Å²) in [6, 6.07) is 32.5. The van der Waals surface area contributed by atoms with Crippen LogP contribution in [0.5, 0.6) is 0 Å². The molecule has 2 amide bonds. The quantitative estimate of drug-likeness (QED) is 0.288. The third-order valence-corrected chi connectivity index (χ3v) is 6.61. The van der Waals surface area contributed by atoms with Gasteiger partial charge in [0.15, 0.2) is 0 Å². The van der Waals surface area contributed by atoms with Crippen LogP contribution in [0.2, 0.25) is 0 Å². The number of nitrogens with one attached hydrogen (secondary N) is 2. The number of benzene rings is 4. The van der Waals surface area contributed by atoms with Crippen molar-refractivity contribution in [2.24, 2.45) is 0 Å². The van der Waals surface area contributed by atoms with E-state index in [1.807, 2.05) is 117 Å². The first-order valence-electron chi connectivity index (χ1n) is 11.1. The van der Waals surface area contributed by atoms with Crippen molar-refractivity contribution in [1.82, 2.24) is 0 Å². The van der Waals surface area contributed by atoms with E-state index in [4.69, 9.17) is 0 Å². The number of carbonyl (C=O) groups is 2. The van der Waals surface area contributed by atoms with E-state index in [1.54, 1.807) is 0 Å². The van der Waals surface area contributed by atoms with Crippen molar-refractivity contribution in [2.45, 2.75) is 24.0 Å². The molecule has 0 radical (unpaired) electrons. The van der Waals surface area contributed by atoms with Crippen molar-refractivity contribution in [3.05, 3.63) is 125 Å². The summed E-state index contributed by atoms with van der Waals surface area (Å²) in [5.74, 6) is -0.256. The lowest BCUT2D eigenvalue weighted by Crippen LogP contribution is -2.19. The lowest BCUT2D eigenvalue weighted by molar-refractivity contribution is -0.115. The van der Waals surface area contributed by atoms with Crippen molar-refractivity contribution in [3.8, 4) is 0 Å². The van der Waals surface area contributed by atoms with Gasteiger partial charge in [0, 0.05) is 21.8 Å².